The fourth-order valence-corrected chi connectivity index (χ4v) is 5.99. The number of halogens is 2. The third-order valence-corrected chi connectivity index (χ3v) is 8.11. The normalized spacial score (nSPS) is 16.5. The lowest BCUT2D eigenvalue weighted by Gasteiger charge is -2.29. The minimum absolute atomic E-state index is 0.0836. The van der Waals surface area contributed by atoms with E-state index in [0.29, 0.717) is 35.1 Å². The predicted molar refractivity (Wildman–Crippen MR) is 158 cm³/mol. The minimum Gasteiger partial charge on any atom is -0.481 e. The fraction of sp³-hybridized carbons (Fsp3) is 0.226. The SMILES string of the molecule is Nc1cc2c(cc1F)OCC(=O)N2Cc1cn(C[C@H]2CCCN2C(=O)c2oc3cc(Cl)ccc3c2-c2ccccc2)nn1. The van der Waals surface area contributed by atoms with Crippen LogP contribution in [0.1, 0.15) is 29.1 Å². The average Bonchev–Trinajstić information content (AvgIpc) is 3.74. The highest BCUT2D eigenvalue weighted by Gasteiger charge is 2.34. The number of carbonyl (C=O) groups excluding carboxylic acids is 2. The van der Waals surface area contributed by atoms with Crippen molar-refractivity contribution in [1.82, 2.24) is 19.9 Å². The van der Waals surface area contributed by atoms with Crippen LogP contribution < -0.4 is 15.4 Å². The molecule has 2 aliphatic heterocycles. The monoisotopic (exact) mass is 600 g/mol. The molecule has 7 rings (SSSR count). The zero-order valence-corrected chi connectivity index (χ0v) is 23.6. The highest BCUT2D eigenvalue weighted by molar-refractivity contribution is 6.31. The van der Waals surface area contributed by atoms with E-state index in [9.17, 15) is 14.0 Å². The molecule has 43 heavy (non-hydrogen) atoms. The number of carbonyl (C=O) groups is 2. The molecule has 0 bridgehead atoms. The lowest BCUT2D eigenvalue weighted by atomic mass is 10.0. The van der Waals surface area contributed by atoms with Gasteiger partial charge >= 0.3 is 0 Å². The maximum Gasteiger partial charge on any atom is 0.290 e. The van der Waals surface area contributed by atoms with Crippen LogP contribution in [0.25, 0.3) is 22.1 Å². The van der Waals surface area contributed by atoms with E-state index >= 15 is 0 Å². The molecule has 4 heterocycles. The second-order valence-corrected chi connectivity index (χ2v) is 11.1. The van der Waals surface area contributed by atoms with Gasteiger partial charge in [-0.1, -0.05) is 47.1 Å². The van der Waals surface area contributed by atoms with Crippen molar-refractivity contribution in [2.45, 2.75) is 32.0 Å². The van der Waals surface area contributed by atoms with E-state index in [4.69, 9.17) is 26.5 Å². The maximum atomic E-state index is 14.0. The molecule has 0 unspecified atom stereocenters. The number of ether oxygens (including phenoxy) is 1. The van der Waals surface area contributed by atoms with Crippen molar-refractivity contribution in [3.63, 3.8) is 0 Å². The molecule has 2 aromatic heterocycles. The highest BCUT2D eigenvalue weighted by Crippen LogP contribution is 2.38. The summed E-state index contributed by atoms with van der Waals surface area (Å²) in [6, 6.07) is 17.5. The van der Waals surface area contributed by atoms with Crippen LogP contribution in [0, 0.1) is 5.82 Å². The molecule has 0 saturated carbocycles. The number of nitrogens with two attached hydrogens (primary N) is 1. The average molecular weight is 601 g/mol. The van der Waals surface area contributed by atoms with Crippen molar-refractivity contribution in [2.75, 3.05) is 23.8 Å². The van der Waals surface area contributed by atoms with Crippen LogP contribution in [-0.2, 0) is 17.9 Å². The molecule has 1 saturated heterocycles. The van der Waals surface area contributed by atoms with Gasteiger partial charge in [-0.25, -0.2) is 4.39 Å². The Bertz CT molecular complexity index is 1870. The molecule has 1 fully saturated rings. The molecular formula is C31H26ClFN6O4. The molecule has 0 spiro atoms. The first-order valence-corrected chi connectivity index (χ1v) is 14.2. The van der Waals surface area contributed by atoms with Crippen molar-refractivity contribution in [1.29, 1.82) is 0 Å². The first kappa shape index (κ1) is 27.0. The van der Waals surface area contributed by atoms with Crippen LogP contribution in [0.5, 0.6) is 5.75 Å². The molecule has 2 aliphatic rings. The molecule has 2 amide bonds. The molecule has 5 aromatic rings. The zero-order valence-electron chi connectivity index (χ0n) is 22.9. The Morgan fingerprint density at radius 2 is 1.98 bits per heavy atom. The van der Waals surface area contributed by atoms with Crippen LogP contribution in [-0.4, -0.2) is 50.9 Å². The molecule has 0 radical (unpaired) electrons. The van der Waals surface area contributed by atoms with E-state index in [1.807, 2.05) is 41.3 Å². The minimum atomic E-state index is -0.614. The Hall–Kier alpha value is -4.90. The van der Waals surface area contributed by atoms with Crippen molar-refractivity contribution in [3.05, 3.63) is 89.2 Å². The Balaban J connectivity index is 1.13. The Morgan fingerprint density at radius 1 is 1.14 bits per heavy atom. The number of rotatable bonds is 6. The largest absolute Gasteiger partial charge is 0.481 e. The van der Waals surface area contributed by atoms with Gasteiger partial charge in [0, 0.05) is 34.6 Å². The van der Waals surface area contributed by atoms with Crippen LogP contribution in [0.3, 0.4) is 0 Å². The van der Waals surface area contributed by atoms with Crippen LogP contribution in [0.2, 0.25) is 5.02 Å². The van der Waals surface area contributed by atoms with E-state index < -0.39 is 5.82 Å². The second kappa shape index (κ2) is 10.7. The fourth-order valence-electron chi connectivity index (χ4n) is 5.83. The number of aromatic nitrogens is 3. The third kappa shape index (κ3) is 4.95. The Morgan fingerprint density at radius 3 is 2.81 bits per heavy atom. The smallest absolute Gasteiger partial charge is 0.290 e. The number of amides is 2. The molecule has 2 N–H and O–H groups in total. The standard InChI is InChI=1S/C31H26ClFN6O4/c32-19-8-9-22-26(11-19)43-30(29(22)18-5-2-1-3-6-18)31(41)38-10-4-7-21(38)16-37-14-20(35-36-37)15-39-25-13-24(34)23(33)12-27(25)42-17-28(39)40/h1-3,5-6,8-9,11-14,21H,4,7,10,15-17,34H2/t21-/m1/s1. The number of hydrogen-bond acceptors (Lipinski definition) is 7. The summed E-state index contributed by atoms with van der Waals surface area (Å²) in [6.07, 6.45) is 3.37. The second-order valence-electron chi connectivity index (χ2n) is 10.6. The summed E-state index contributed by atoms with van der Waals surface area (Å²) in [4.78, 5) is 30.0. The van der Waals surface area contributed by atoms with Gasteiger partial charge in [0.15, 0.2) is 6.61 Å². The van der Waals surface area contributed by atoms with Gasteiger partial charge in [-0.3, -0.25) is 19.2 Å². The van der Waals surface area contributed by atoms with Crippen LogP contribution >= 0.6 is 11.6 Å². The molecule has 1 atom stereocenters. The lowest BCUT2D eigenvalue weighted by molar-refractivity contribution is -0.121. The molecular weight excluding hydrogens is 575 g/mol. The summed E-state index contributed by atoms with van der Waals surface area (Å²) in [5.41, 5.74) is 8.73. The number of hydrogen-bond donors (Lipinski definition) is 1. The summed E-state index contributed by atoms with van der Waals surface area (Å²) in [7, 11) is 0. The molecule has 10 nitrogen and oxygen atoms in total. The molecule has 218 valence electrons. The van der Waals surface area contributed by atoms with E-state index in [2.05, 4.69) is 10.3 Å². The van der Waals surface area contributed by atoms with Crippen molar-refractivity contribution in [3.8, 4) is 16.9 Å². The summed E-state index contributed by atoms with van der Waals surface area (Å²) in [6.45, 7) is 0.879. The van der Waals surface area contributed by atoms with Gasteiger partial charge < -0.3 is 19.8 Å². The van der Waals surface area contributed by atoms with Gasteiger partial charge in [0.1, 0.15) is 22.8 Å². The number of anilines is 2. The van der Waals surface area contributed by atoms with E-state index in [-0.39, 0.29) is 48.2 Å². The van der Waals surface area contributed by atoms with Crippen LogP contribution in [0.15, 0.2) is 71.3 Å². The predicted octanol–water partition coefficient (Wildman–Crippen LogP) is 5.30. The van der Waals surface area contributed by atoms with E-state index in [0.717, 1.165) is 29.4 Å². The quantitative estimate of drug-likeness (QED) is 0.263. The summed E-state index contributed by atoms with van der Waals surface area (Å²) >= 11 is 6.24. The van der Waals surface area contributed by atoms with Gasteiger partial charge in [-0.05, 0) is 36.6 Å². The summed E-state index contributed by atoms with van der Waals surface area (Å²) < 4.78 is 27.2. The van der Waals surface area contributed by atoms with Crippen molar-refractivity contribution >= 4 is 45.8 Å². The Labute approximate surface area is 250 Å². The summed E-state index contributed by atoms with van der Waals surface area (Å²) in [5.74, 6) is -0.607. The van der Waals surface area contributed by atoms with E-state index in [1.165, 1.54) is 17.0 Å². The van der Waals surface area contributed by atoms with Crippen LogP contribution in [0.4, 0.5) is 15.8 Å². The molecule has 12 heteroatoms. The van der Waals surface area contributed by atoms with Gasteiger partial charge in [0.25, 0.3) is 11.8 Å². The van der Waals surface area contributed by atoms with Gasteiger partial charge in [0.05, 0.1) is 36.7 Å². The molecule has 3 aromatic carbocycles. The highest BCUT2D eigenvalue weighted by atomic mass is 35.5. The van der Waals surface area contributed by atoms with Gasteiger partial charge in [-0.2, -0.15) is 0 Å². The first-order chi connectivity index (χ1) is 20.9. The molecule has 0 aliphatic carbocycles. The van der Waals surface area contributed by atoms with Gasteiger partial charge in [0.2, 0.25) is 5.76 Å². The number of nitrogens with zero attached hydrogens (tertiary/aromatic N) is 5. The number of benzene rings is 3. The third-order valence-electron chi connectivity index (χ3n) is 7.87. The number of nitrogen functional groups attached to an aromatic ring is 1. The van der Waals surface area contributed by atoms with Crippen molar-refractivity contribution < 1.29 is 23.1 Å². The number of fused-ring (bicyclic) bond motifs is 2. The zero-order chi connectivity index (χ0) is 29.7. The topological polar surface area (TPSA) is 120 Å². The first-order valence-electron chi connectivity index (χ1n) is 13.9. The lowest BCUT2D eigenvalue weighted by Crippen LogP contribution is -2.38. The number of likely N-dealkylation sites (tertiary alicyclic amines) is 1. The maximum absolute atomic E-state index is 14.0. The Kier molecular flexibility index (Phi) is 6.73. The van der Waals surface area contributed by atoms with Gasteiger partial charge in [-0.15, -0.1) is 5.10 Å². The van der Waals surface area contributed by atoms with Crippen molar-refractivity contribution in [2.24, 2.45) is 0 Å². The van der Waals surface area contributed by atoms with E-state index in [1.54, 1.807) is 23.0 Å². The summed E-state index contributed by atoms with van der Waals surface area (Å²) in [5, 5.41) is 9.87. The number of furan rings is 1.